The summed E-state index contributed by atoms with van der Waals surface area (Å²) in [6.07, 6.45) is 0. The molecule has 0 bridgehead atoms. The van der Waals surface area contributed by atoms with Crippen LogP contribution in [0.25, 0.3) is 0 Å². The molecular formula is C18H19NO5S. The smallest absolute Gasteiger partial charge is 0.231 e. The van der Waals surface area contributed by atoms with Gasteiger partial charge in [-0.3, -0.25) is 0 Å². The second kappa shape index (κ2) is 5.45. The summed E-state index contributed by atoms with van der Waals surface area (Å²) < 4.78 is 36.7. The van der Waals surface area contributed by atoms with E-state index in [9.17, 15) is 13.5 Å². The van der Waals surface area contributed by atoms with Crippen molar-refractivity contribution in [1.29, 1.82) is 0 Å². The van der Waals surface area contributed by atoms with Gasteiger partial charge in [-0.15, -0.1) is 0 Å². The molecule has 7 heteroatoms. The molecule has 0 amide bonds. The maximum atomic E-state index is 13.1. The first-order chi connectivity index (χ1) is 11.9. The molecule has 0 aromatic heterocycles. The normalized spacial score (nSPS) is 27.3. The molecule has 0 spiro atoms. The first kappa shape index (κ1) is 16.4. The van der Waals surface area contributed by atoms with Crippen LogP contribution in [0.5, 0.6) is 11.5 Å². The Balaban J connectivity index is 1.73. The number of sulfone groups is 1. The van der Waals surface area contributed by atoms with Gasteiger partial charge in [-0.25, -0.2) is 8.42 Å². The molecule has 1 heterocycles. The van der Waals surface area contributed by atoms with Gasteiger partial charge in [-0.2, -0.15) is 0 Å². The zero-order valence-electron chi connectivity index (χ0n) is 13.7. The lowest BCUT2D eigenvalue weighted by atomic mass is 10.1. The lowest BCUT2D eigenvalue weighted by Crippen LogP contribution is -2.35. The minimum Gasteiger partial charge on any atom is -0.454 e. The van der Waals surface area contributed by atoms with Gasteiger partial charge in [0.15, 0.2) is 21.3 Å². The molecule has 1 fully saturated rings. The highest BCUT2D eigenvalue weighted by Crippen LogP contribution is 2.56. The Labute approximate surface area is 146 Å². The van der Waals surface area contributed by atoms with Crippen molar-refractivity contribution in [1.82, 2.24) is 0 Å². The van der Waals surface area contributed by atoms with Crippen LogP contribution in [0.15, 0.2) is 47.4 Å². The highest BCUT2D eigenvalue weighted by atomic mass is 32.2. The van der Waals surface area contributed by atoms with Gasteiger partial charge in [-0.05, 0) is 36.8 Å². The van der Waals surface area contributed by atoms with E-state index in [1.54, 1.807) is 42.5 Å². The Morgan fingerprint density at radius 3 is 2.52 bits per heavy atom. The molecule has 2 aromatic carbocycles. The number of hydrogen-bond acceptors (Lipinski definition) is 6. The quantitative estimate of drug-likeness (QED) is 0.853. The zero-order chi connectivity index (χ0) is 17.8. The standard InChI is InChI=1S/C18H19NO5S/c1-11-2-5-13(6-3-11)25(21,22)17-16(18(17,19)9-20)12-4-7-14-15(8-12)24-10-23-14/h2-8,16-17,20H,9-10,19H2,1H3/t16-,17+,18+/m0/s1. The van der Waals surface area contributed by atoms with E-state index >= 15 is 0 Å². The summed E-state index contributed by atoms with van der Waals surface area (Å²) in [4.78, 5) is 0.217. The molecule has 2 aromatic rings. The van der Waals surface area contributed by atoms with Crippen molar-refractivity contribution in [3.8, 4) is 11.5 Å². The van der Waals surface area contributed by atoms with Crippen LogP contribution in [0, 0.1) is 6.92 Å². The lowest BCUT2D eigenvalue weighted by molar-refractivity contribution is 0.174. The summed E-state index contributed by atoms with van der Waals surface area (Å²) in [5.74, 6) is 0.684. The van der Waals surface area contributed by atoms with Crippen molar-refractivity contribution in [3.63, 3.8) is 0 Å². The van der Waals surface area contributed by atoms with Crippen molar-refractivity contribution in [2.45, 2.75) is 28.5 Å². The SMILES string of the molecule is Cc1ccc(S(=O)(=O)[C@@H]2[C@H](c3ccc4c(c3)OCO4)[C@]2(N)CO)cc1. The lowest BCUT2D eigenvalue weighted by Gasteiger charge is -2.08. The predicted octanol–water partition coefficient (Wildman–Crippen LogP) is 1.35. The Kier molecular flexibility index (Phi) is 3.57. The van der Waals surface area contributed by atoms with Crippen molar-refractivity contribution in [2.75, 3.05) is 13.4 Å². The molecule has 1 aliphatic heterocycles. The molecule has 132 valence electrons. The fraction of sp³-hybridized carbons (Fsp3) is 0.333. The van der Waals surface area contributed by atoms with Gasteiger partial charge in [0.05, 0.1) is 22.3 Å². The number of rotatable bonds is 4. The first-order valence-electron chi connectivity index (χ1n) is 7.98. The Hall–Kier alpha value is -2.09. The number of aliphatic hydroxyl groups is 1. The molecule has 0 unspecified atom stereocenters. The minimum atomic E-state index is -3.67. The van der Waals surface area contributed by atoms with Crippen LogP contribution in [0.1, 0.15) is 17.0 Å². The topological polar surface area (TPSA) is 98.9 Å². The maximum Gasteiger partial charge on any atom is 0.231 e. The van der Waals surface area contributed by atoms with E-state index in [0.29, 0.717) is 11.5 Å². The van der Waals surface area contributed by atoms with E-state index in [0.717, 1.165) is 11.1 Å². The fourth-order valence-electron chi connectivity index (χ4n) is 3.55. The van der Waals surface area contributed by atoms with Gasteiger partial charge < -0.3 is 20.3 Å². The number of ether oxygens (including phenoxy) is 2. The number of hydrogen-bond donors (Lipinski definition) is 2. The van der Waals surface area contributed by atoms with E-state index in [4.69, 9.17) is 15.2 Å². The fourth-order valence-corrected chi connectivity index (χ4v) is 5.84. The second-order valence-electron chi connectivity index (χ2n) is 6.64. The zero-order valence-corrected chi connectivity index (χ0v) is 14.5. The molecular weight excluding hydrogens is 342 g/mol. The highest BCUT2D eigenvalue weighted by molar-refractivity contribution is 7.92. The van der Waals surface area contributed by atoms with E-state index in [1.807, 2.05) is 6.92 Å². The van der Waals surface area contributed by atoms with Crippen LogP contribution in [0.2, 0.25) is 0 Å². The summed E-state index contributed by atoms with van der Waals surface area (Å²) in [6.45, 7) is 1.62. The van der Waals surface area contributed by atoms with Crippen molar-refractivity contribution >= 4 is 9.84 Å². The van der Waals surface area contributed by atoms with E-state index in [2.05, 4.69) is 0 Å². The van der Waals surface area contributed by atoms with Crippen molar-refractivity contribution in [3.05, 3.63) is 53.6 Å². The Morgan fingerprint density at radius 2 is 1.84 bits per heavy atom. The molecule has 3 N–H and O–H groups in total. The van der Waals surface area contributed by atoms with Crippen LogP contribution >= 0.6 is 0 Å². The third-order valence-corrected chi connectivity index (χ3v) is 7.32. The minimum absolute atomic E-state index is 0.141. The largest absolute Gasteiger partial charge is 0.454 e. The van der Waals surface area contributed by atoms with Crippen LogP contribution in [0.3, 0.4) is 0 Å². The Bertz CT molecular complexity index is 925. The van der Waals surface area contributed by atoms with Gasteiger partial charge in [0.1, 0.15) is 0 Å². The number of aliphatic hydroxyl groups excluding tert-OH is 1. The highest BCUT2D eigenvalue weighted by Gasteiger charge is 2.69. The molecule has 3 atom stereocenters. The molecule has 6 nitrogen and oxygen atoms in total. The Morgan fingerprint density at radius 1 is 1.16 bits per heavy atom. The molecule has 1 aliphatic carbocycles. The molecule has 25 heavy (non-hydrogen) atoms. The van der Waals surface area contributed by atoms with E-state index in [-0.39, 0.29) is 11.7 Å². The maximum absolute atomic E-state index is 13.1. The molecule has 1 saturated carbocycles. The summed E-state index contributed by atoms with van der Waals surface area (Å²) >= 11 is 0. The van der Waals surface area contributed by atoms with Crippen molar-refractivity contribution < 1.29 is 23.0 Å². The molecule has 0 radical (unpaired) electrons. The summed E-state index contributed by atoms with van der Waals surface area (Å²) in [7, 11) is -3.67. The molecule has 0 saturated heterocycles. The molecule has 4 rings (SSSR count). The average molecular weight is 361 g/mol. The third kappa shape index (κ3) is 2.42. The first-order valence-corrected chi connectivity index (χ1v) is 9.52. The summed E-state index contributed by atoms with van der Waals surface area (Å²) in [5.41, 5.74) is 6.75. The van der Waals surface area contributed by atoms with Gasteiger partial charge in [-0.1, -0.05) is 23.8 Å². The van der Waals surface area contributed by atoms with Crippen LogP contribution in [0.4, 0.5) is 0 Å². The van der Waals surface area contributed by atoms with E-state index < -0.39 is 33.2 Å². The second-order valence-corrected chi connectivity index (χ2v) is 8.71. The van der Waals surface area contributed by atoms with Crippen LogP contribution in [-0.4, -0.2) is 37.7 Å². The average Bonchev–Trinajstić information content (AvgIpc) is 2.99. The number of aryl methyl sites for hydroxylation is 1. The van der Waals surface area contributed by atoms with Crippen LogP contribution < -0.4 is 15.2 Å². The number of nitrogens with two attached hydrogens (primary N) is 1. The molecule has 2 aliphatic rings. The number of benzene rings is 2. The van der Waals surface area contributed by atoms with Gasteiger partial charge >= 0.3 is 0 Å². The van der Waals surface area contributed by atoms with E-state index in [1.165, 1.54) is 0 Å². The number of fused-ring (bicyclic) bond motifs is 1. The van der Waals surface area contributed by atoms with Gasteiger partial charge in [0.2, 0.25) is 6.79 Å². The summed E-state index contributed by atoms with van der Waals surface area (Å²) in [5, 5.41) is 8.89. The predicted molar refractivity (Wildman–Crippen MR) is 91.5 cm³/mol. The van der Waals surface area contributed by atoms with Gasteiger partial charge in [0, 0.05) is 5.92 Å². The van der Waals surface area contributed by atoms with Crippen LogP contribution in [-0.2, 0) is 9.84 Å². The summed E-state index contributed by atoms with van der Waals surface area (Å²) in [6, 6.07) is 11.9. The van der Waals surface area contributed by atoms with Crippen molar-refractivity contribution in [2.24, 2.45) is 5.73 Å². The van der Waals surface area contributed by atoms with Gasteiger partial charge in [0.25, 0.3) is 0 Å². The monoisotopic (exact) mass is 361 g/mol. The third-order valence-electron chi connectivity index (χ3n) is 5.02.